The van der Waals surface area contributed by atoms with E-state index in [2.05, 4.69) is 5.32 Å². The third kappa shape index (κ3) is 3.29. The van der Waals surface area contributed by atoms with Gasteiger partial charge in [-0.25, -0.2) is 0 Å². The summed E-state index contributed by atoms with van der Waals surface area (Å²) in [6.45, 7) is 4.03. The van der Waals surface area contributed by atoms with E-state index in [4.69, 9.17) is 4.74 Å². The van der Waals surface area contributed by atoms with Gasteiger partial charge in [-0.1, -0.05) is 12.1 Å². The number of aliphatic hydroxyl groups is 1. The van der Waals surface area contributed by atoms with Gasteiger partial charge in [0, 0.05) is 13.6 Å². The fourth-order valence-electron chi connectivity index (χ4n) is 2.51. The summed E-state index contributed by atoms with van der Waals surface area (Å²) in [7, 11) is 1.71. The molecule has 1 aromatic rings. The molecule has 0 saturated carbocycles. The van der Waals surface area contributed by atoms with Crippen LogP contribution in [0, 0.1) is 0 Å². The van der Waals surface area contributed by atoms with E-state index in [0.29, 0.717) is 37.4 Å². The molecule has 1 aliphatic heterocycles. The lowest BCUT2D eigenvalue weighted by atomic mass is 10.0. The van der Waals surface area contributed by atoms with Crippen LogP contribution in [-0.2, 0) is 0 Å². The summed E-state index contributed by atoms with van der Waals surface area (Å²) in [5, 5.41) is 13.5. The molecule has 0 aromatic heterocycles. The van der Waals surface area contributed by atoms with Gasteiger partial charge in [-0.3, -0.25) is 4.79 Å². The zero-order valence-corrected chi connectivity index (χ0v) is 12.1. The molecule has 1 heterocycles. The predicted molar refractivity (Wildman–Crippen MR) is 77.0 cm³/mol. The van der Waals surface area contributed by atoms with Crippen molar-refractivity contribution in [1.29, 1.82) is 0 Å². The Morgan fingerprint density at radius 3 is 2.90 bits per heavy atom. The average molecular weight is 278 g/mol. The first-order chi connectivity index (χ1) is 9.56. The van der Waals surface area contributed by atoms with Gasteiger partial charge in [0.1, 0.15) is 5.75 Å². The maximum atomic E-state index is 12.5. The quantitative estimate of drug-likeness (QED) is 0.839. The monoisotopic (exact) mass is 278 g/mol. The van der Waals surface area contributed by atoms with E-state index in [1.54, 1.807) is 24.1 Å². The van der Waals surface area contributed by atoms with Crippen molar-refractivity contribution in [2.24, 2.45) is 0 Å². The fraction of sp³-hybridized carbons (Fsp3) is 0.533. The Labute approximate surface area is 119 Å². The van der Waals surface area contributed by atoms with Crippen LogP contribution in [0.4, 0.5) is 0 Å². The Bertz CT molecular complexity index is 470. The number of hydrogen-bond donors (Lipinski definition) is 2. The van der Waals surface area contributed by atoms with Gasteiger partial charge in [0.2, 0.25) is 0 Å². The molecule has 1 aliphatic rings. The Morgan fingerprint density at radius 2 is 2.25 bits per heavy atom. The van der Waals surface area contributed by atoms with Crippen LogP contribution in [0.3, 0.4) is 0 Å². The van der Waals surface area contributed by atoms with Gasteiger partial charge in [-0.2, -0.15) is 0 Å². The van der Waals surface area contributed by atoms with Gasteiger partial charge >= 0.3 is 0 Å². The van der Waals surface area contributed by atoms with Crippen LogP contribution in [0.5, 0.6) is 5.75 Å². The number of hydrogen-bond acceptors (Lipinski definition) is 4. The molecular weight excluding hydrogens is 256 g/mol. The number of carbonyl (C=O) groups excluding carboxylic acids is 1. The Balaban J connectivity index is 2.10. The second kappa shape index (κ2) is 6.24. The number of amides is 1. The lowest BCUT2D eigenvalue weighted by Crippen LogP contribution is -2.45. The SMILES string of the molecule is CCOc1ccccc1C(=O)N(C)CC1(O)CCNC1. The third-order valence-corrected chi connectivity index (χ3v) is 3.52. The van der Waals surface area contributed by atoms with Crippen molar-refractivity contribution < 1.29 is 14.6 Å². The van der Waals surface area contributed by atoms with Crippen LogP contribution in [0.25, 0.3) is 0 Å². The highest BCUT2D eigenvalue weighted by Gasteiger charge is 2.34. The number of likely N-dealkylation sites (N-methyl/N-ethyl adjacent to an activating group) is 1. The van der Waals surface area contributed by atoms with E-state index in [9.17, 15) is 9.90 Å². The molecule has 110 valence electrons. The number of nitrogens with zero attached hydrogens (tertiary/aromatic N) is 1. The van der Waals surface area contributed by atoms with Crippen LogP contribution in [0.1, 0.15) is 23.7 Å². The fourth-order valence-corrected chi connectivity index (χ4v) is 2.51. The van der Waals surface area contributed by atoms with Crippen molar-refractivity contribution in [1.82, 2.24) is 10.2 Å². The molecular formula is C15H22N2O3. The minimum absolute atomic E-state index is 0.130. The van der Waals surface area contributed by atoms with E-state index in [1.807, 2.05) is 19.1 Å². The molecule has 0 aliphatic carbocycles. The molecule has 1 fully saturated rings. The normalized spacial score (nSPS) is 21.8. The van der Waals surface area contributed by atoms with Gasteiger partial charge in [0.05, 0.1) is 24.3 Å². The molecule has 1 atom stereocenters. The standard InChI is InChI=1S/C15H22N2O3/c1-3-20-13-7-5-4-6-12(13)14(18)17(2)11-15(19)8-9-16-10-15/h4-7,16,19H,3,8-11H2,1-2H3. The van der Waals surface area contributed by atoms with Crippen LogP contribution >= 0.6 is 0 Å². The lowest BCUT2D eigenvalue weighted by molar-refractivity contribution is 0.0251. The zero-order chi connectivity index (χ0) is 14.6. The average Bonchev–Trinajstić information content (AvgIpc) is 2.85. The van der Waals surface area contributed by atoms with Gasteiger partial charge in [-0.05, 0) is 32.0 Å². The molecule has 1 unspecified atom stereocenters. The van der Waals surface area contributed by atoms with E-state index in [-0.39, 0.29) is 5.91 Å². The van der Waals surface area contributed by atoms with Crippen molar-refractivity contribution in [3.8, 4) is 5.75 Å². The highest BCUT2D eigenvalue weighted by molar-refractivity contribution is 5.96. The van der Waals surface area contributed by atoms with Gasteiger partial charge in [-0.15, -0.1) is 0 Å². The van der Waals surface area contributed by atoms with E-state index < -0.39 is 5.60 Å². The number of β-amino-alcohol motifs (C(OH)–C–C–N with tert-alkyl or cyclic N) is 1. The second-order valence-corrected chi connectivity index (χ2v) is 5.24. The topological polar surface area (TPSA) is 61.8 Å². The minimum Gasteiger partial charge on any atom is -0.493 e. The molecule has 20 heavy (non-hydrogen) atoms. The number of para-hydroxylation sites is 1. The summed E-state index contributed by atoms with van der Waals surface area (Å²) in [5.41, 5.74) is -0.295. The Morgan fingerprint density at radius 1 is 1.50 bits per heavy atom. The smallest absolute Gasteiger partial charge is 0.257 e. The molecule has 2 rings (SSSR count). The van der Waals surface area contributed by atoms with E-state index in [0.717, 1.165) is 6.54 Å². The first-order valence-corrected chi connectivity index (χ1v) is 6.96. The highest BCUT2D eigenvalue weighted by Crippen LogP contribution is 2.21. The predicted octanol–water partition coefficient (Wildman–Crippen LogP) is 0.882. The lowest BCUT2D eigenvalue weighted by Gasteiger charge is -2.28. The maximum Gasteiger partial charge on any atom is 0.257 e. The van der Waals surface area contributed by atoms with Gasteiger partial charge in [0.15, 0.2) is 0 Å². The Kier molecular flexibility index (Phi) is 4.62. The first kappa shape index (κ1) is 14.8. The summed E-state index contributed by atoms with van der Waals surface area (Å²) in [6.07, 6.45) is 0.664. The van der Waals surface area contributed by atoms with Crippen molar-refractivity contribution >= 4 is 5.91 Å². The van der Waals surface area contributed by atoms with Crippen LogP contribution in [0.2, 0.25) is 0 Å². The molecule has 5 nitrogen and oxygen atoms in total. The summed E-state index contributed by atoms with van der Waals surface area (Å²) >= 11 is 0. The summed E-state index contributed by atoms with van der Waals surface area (Å²) in [6, 6.07) is 7.20. The highest BCUT2D eigenvalue weighted by atomic mass is 16.5. The van der Waals surface area contributed by atoms with Crippen LogP contribution in [-0.4, -0.2) is 54.8 Å². The first-order valence-electron chi connectivity index (χ1n) is 6.96. The van der Waals surface area contributed by atoms with Crippen molar-refractivity contribution in [2.45, 2.75) is 18.9 Å². The second-order valence-electron chi connectivity index (χ2n) is 5.24. The number of benzene rings is 1. The van der Waals surface area contributed by atoms with Crippen LogP contribution in [0.15, 0.2) is 24.3 Å². The van der Waals surface area contributed by atoms with Gasteiger partial charge in [0.25, 0.3) is 5.91 Å². The number of ether oxygens (including phenoxy) is 1. The molecule has 5 heteroatoms. The number of rotatable bonds is 5. The minimum atomic E-state index is -0.828. The number of nitrogens with one attached hydrogen (secondary N) is 1. The maximum absolute atomic E-state index is 12.5. The molecule has 2 N–H and O–H groups in total. The van der Waals surface area contributed by atoms with Crippen LogP contribution < -0.4 is 10.1 Å². The summed E-state index contributed by atoms with van der Waals surface area (Å²) in [5.74, 6) is 0.456. The van der Waals surface area contributed by atoms with Crippen molar-refractivity contribution in [3.05, 3.63) is 29.8 Å². The zero-order valence-electron chi connectivity index (χ0n) is 12.1. The molecule has 1 amide bonds. The Hall–Kier alpha value is -1.59. The van der Waals surface area contributed by atoms with E-state index >= 15 is 0 Å². The summed E-state index contributed by atoms with van der Waals surface area (Å²) in [4.78, 5) is 14.0. The van der Waals surface area contributed by atoms with Gasteiger partial charge < -0.3 is 20.1 Å². The molecule has 0 spiro atoms. The number of carbonyl (C=O) groups is 1. The van der Waals surface area contributed by atoms with Crippen molar-refractivity contribution in [2.75, 3.05) is 33.3 Å². The summed E-state index contributed by atoms with van der Waals surface area (Å²) < 4.78 is 5.48. The molecule has 0 radical (unpaired) electrons. The molecule has 1 aromatic carbocycles. The van der Waals surface area contributed by atoms with E-state index in [1.165, 1.54) is 0 Å². The molecule has 0 bridgehead atoms. The molecule has 1 saturated heterocycles. The largest absolute Gasteiger partial charge is 0.493 e. The third-order valence-electron chi connectivity index (χ3n) is 3.52. The van der Waals surface area contributed by atoms with Crippen molar-refractivity contribution in [3.63, 3.8) is 0 Å².